The molecule has 5 unspecified atom stereocenters. The van der Waals surface area contributed by atoms with Crippen LogP contribution >= 0.6 is 0 Å². The van der Waals surface area contributed by atoms with Gasteiger partial charge >= 0.3 is 5.97 Å². The summed E-state index contributed by atoms with van der Waals surface area (Å²) in [5.41, 5.74) is 17.1. The third-order valence-electron chi connectivity index (χ3n) is 5.78. The molecule has 1 aliphatic heterocycles. The highest BCUT2D eigenvalue weighted by atomic mass is 16.4. The molecule has 200 valence electrons. The fraction of sp³-hybridized carbons (Fsp3) is 0.619. The maximum Gasteiger partial charge on any atom is 0.328 e. The molecule has 11 N–H and O–H groups in total. The number of nitrogens with zero attached hydrogens (tertiary/aromatic N) is 3. The summed E-state index contributed by atoms with van der Waals surface area (Å²) in [6.45, 7) is 1.88. The molecule has 0 aliphatic carbocycles. The zero-order chi connectivity index (χ0) is 26.8. The largest absolute Gasteiger partial charge is 0.480 e. The number of aromatic nitrogens is 2. The molecule has 15 nitrogen and oxygen atoms in total. The Bertz CT molecular complexity index is 932. The van der Waals surface area contributed by atoms with E-state index in [9.17, 15) is 29.4 Å². The molecule has 1 aromatic rings. The van der Waals surface area contributed by atoms with Crippen molar-refractivity contribution in [3.8, 4) is 0 Å². The zero-order valence-electron chi connectivity index (χ0n) is 20.1. The van der Waals surface area contributed by atoms with Crippen LogP contribution in [0.3, 0.4) is 0 Å². The molecule has 2 heterocycles. The molecule has 5 atom stereocenters. The smallest absolute Gasteiger partial charge is 0.328 e. The summed E-state index contributed by atoms with van der Waals surface area (Å²) in [5, 5.41) is 23.8. The predicted octanol–water partition coefficient (Wildman–Crippen LogP) is -3.24. The third-order valence-corrected chi connectivity index (χ3v) is 5.78. The normalized spacial score (nSPS) is 18.5. The Morgan fingerprint density at radius 2 is 2.03 bits per heavy atom. The average Bonchev–Trinajstić information content (AvgIpc) is 3.50. The minimum Gasteiger partial charge on any atom is -0.480 e. The van der Waals surface area contributed by atoms with Crippen LogP contribution in [0.1, 0.15) is 38.3 Å². The molecule has 15 heteroatoms. The number of H-pyrrole nitrogens is 1. The number of aliphatic imine (C=N–C) groups is 1. The summed E-state index contributed by atoms with van der Waals surface area (Å²) < 4.78 is 0. The summed E-state index contributed by atoms with van der Waals surface area (Å²) in [4.78, 5) is 62.3. The lowest BCUT2D eigenvalue weighted by molar-refractivity contribution is -0.145. The molecule has 2 rings (SSSR count). The minimum atomic E-state index is -1.57. The zero-order valence-corrected chi connectivity index (χ0v) is 20.1. The third kappa shape index (κ3) is 8.20. The SMILES string of the molecule is CC(O)C(NC(=O)C(Cc1cnc[nH]1)NC(=O)C1CCCN1C(=O)C(N)CCCN=C(N)N)C(=O)O. The second kappa shape index (κ2) is 13.4. The standard InChI is InChI=1S/C21H35N9O6/c1-11(31)16(20(35)36)29-17(32)14(8-12-9-25-10-27-12)28-18(33)15-5-3-7-30(15)19(34)13(22)4-2-6-26-21(23)24/h9-11,13-16,31H,2-8,22H2,1H3,(H,25,27)(H,28,33)(H,29,32)(H,35,36)(H4,23,24,26). The van der Waals surface area contributed by atoms with E-state index in [-0.39, 0.29) is 12.4 Å². The lowest BCUT2D eigenvalue weighted by atomic mass is 10.1. The Labute approximate surface area is 207 Å². The van der Waals surface area contributed by atoms with E-state index in [0.717, 1.165) is 0 Å². The number of amides is 3. The molecular weight excluding hydrogens is 474 g/mol. The number of guanidine groups is 1. The Hall–Kier alpha value is -3.72. The van der Waals surface area contributed by atoms with Crippen molar-refractivity contribution in [3.63, 3.8) is 0 Å². The number of aromatic amines is 1. The fourth-order valence-electron chi connectivity index (χ4n) is 3.89. The van der Waals surface area contributed by atoms with Crippen molar-refractivity contribution in [1.29, 1.82) is 0 Å². The molecular formula is C21H35N9O6. The van der Waals surface area contributed by atoms with Gasteiger partial charge in [0.2, 0.25) is 17.7 Å². The summed E-state index contributed by atoms with van der Waals surface area (Å²) in [6, 6.07) is -4.45. The summed E-state index contributed by atoms with van der Waals surface area (Å²) in [5.74, 6) is -3.25. The Morgan fingerprint density at radius 3 is 2.61 bits per heavy atom. The number of carboxylic acid groups (broad SMARTS) is 1. The number of nitrogens with one attached hydrogen (secondary N) is 3. The molecule has 0 aromatic carbocycles. The molecule has 1 aliphatic rings. The summed E-state index contributed by atoms with van der Waals surface area (Å²) >= 11 is 0. The maximum atomic E-state index is 13.2. The molecule has 0 saturated carbocycles. The van der Waals surface area contributed by atoms with E-state index < -0.39 is 54.0 Å². The van der Waals surface area contributed by atoms with Crippen molar-refractivity contribution in [2.45, 2.75) is 69.3 Å². The molecule has 1 saturated heterocycles. The number of hydrogen-bond acceptors (Lipinski definition) is 8. The molecule has 1 fully saturated rings. The van der Waals surface area contributed by atoms with Crippen molar-refractivity contribution in [2.75, 3.05) is 13.1 Å². The minimum absolute atomic E-state index is 0.0192. The van der Waals surface area contributed by atoms with Gasteiger partial charge in [-0.25, -0.2) is 9.78 Å². The highest BCUT2D eigenvalue weighted by molar-refractivity contribution is 5.94. The van der Waals surface area contributed by atoms with Gasteiger partial charge in [-0.05, 0) is 32.6 Å². The summed E-state index contributed by atoms with van der Waals surface area (Å²) in [6.07, 6.45) is 3.22. The van der Waals surface area contributed by atoms with Crippen molar-refractivity contribution >= 4 is 29.7 Å². The molecule has 0 bridgehead atoms. The van der Waals surface area contributed by atoms with Crippen LogP contribution in [0.15, 0.2) is 17.5 Å². The van der Waals surface area contributed by atoms with E-state index >= 15 is 0 Å². The van der Waals surface area contributed by atoms with Crippen molar-refractivity contribution < 1.29 is 29.4 Å². The number of likely N-dealkylation sites (tertiary alicyclic amines) is 1. The van der Waals surface area contributed by atoms with Gasteiger partial charge in [0, 0.05) is 31.4 Å². The van der Waals surface area contributed by atoms with Gasteiger partial charge in [-0.2, -0.15) is 0 Å². The number of carbonyl (C=O) groups excluding carboxylic acids is 3. The molecule has 3 amide bonds. The Kier molecular flexibility index (Phi) is 10.6. The number of carbonyl (C=O) groups is 4. The second-order valence-corrected chi connectivity index (χ2v) is 8.65. The molecule has 0 spiro atoms. The molecule has 1 aromatic heterocycles. The van der Waals surface area contributed by atoms with E-state index in [4.69, 9.17) is 17.2 Å². The summed E-state index contributed by atoms with van der Waals surface area (Å²) in [7, 11) is 0. The first kappa shape index (κ1) is 28.5. The number of aliphatic hydroxyl groups is 1. The van der Waals surface area contributed by atoms with Crippen LogP contribution in [0.25, 0.3) is 0 Å². The fourth-order valence-corrected chi connectivity index (χ4v) is 3.89. The number of nitrogens with two attached hydrogens (primary N) is 3. The van der Waals surface area contributed by atoms with Gasteiger partial charge in [0.25, 0.3) is 0 Å². The van der Waals surface area contributed by atoms with Gasteiger partial charge in [0.05, 0.1) is 18.5 Å². The number of rotatable bonds is 13. The number of hydrogen-bond donors (Lipinski definition) is 8. The highest BCUT2D eigenvalue weighted by Crippen LogP contribution is 2.19. The Balaban J connectivity index is 2.09. The van der Waals surface area contributed by atoms with Crippen molar-refractivity contribution in [2.24, 2.45) is 22.2 Å². The Morgan fingerprint density at radius 1 is 1.31 bits per heavy atom. The van der Waals surface area contributed by atoms with Gasteiger partial charge in [0.15, 0.2) is 12.0 Å². The van der Waals surface area contributed by atoms with Crippen LogP contribution in [0.2, 0.25) is 0 Å². The van der Waals surface area contributed by atoms with Crippen LogP contribution in [0.5, 0.6) is 0 Å². The van der Waals surface area contributed by atoms with E-state index in [1.165, 1.54) is 24.3 Å². The van der Waals surface area contributed by atoms with Crippen LogP contribution in [0, 0.1) is 0 Å². The number of carboxylic acids is 1. The average molecular weight is 510 g/mol. The van der Waals surface area contributed by atoms with Gasteiger partial charge in [-0.1, -0.05) is 0 Å². The van der Waals surface area contributed by atoms with Gasteiger partial charge in [0.1, 0.15) is 12.1 Å². The van der Waals surface area contributed by atoms with E-state index in [0.29, 0.717) is 44.5 Å². The van der Waals surface area contributed by atoms with Crippen LogP contribution in [-0.4, -0.2) is 98.1 Å². The quantitative estimate of drug-likeness (QED) is 0.0748. The lowest BCUT2D eigenvalue weighted by Crippen LogP contribution is -2.58. The van der Waals surface area contributed by atoms with E-state index in [2.05, 4.69) is 25.6 Å². The first-order chi connectivity index (χ1) is 17.0. The van der Waals surface area contributed by atoms with Crippen LogP contribution < -0.4 is 27.8 Å². The molecule has 36 heavy (non-hydrogen) atoms. The van der Waals surface area contributed by atoms with Crippen LogP contribution in [-0.2, 0) is 25.6 Å². The number of imidazole rings is 1. The van der Waals surface area contributed by atoms with Crippen LogP contribution in [0.4, 0.5) is 0 Å². The monoisotopic (exact) mass is 509 g/mol. The van der Waals surface area contributed by atoms with Gasteiger partial charge in [-0.3, -0.25) is 19.4 Å². The van der Waals surface area contributed by atoms with Gasteiger partial charge in [-0.15, -0.1) is 0 Å². The van der Waals surface area contributed by atoms with Crippen molar-refractivity contribution in [1.82, 2.24) is 25.5 Å². The topological polar surface area (TPSA) is 255 Å². The highest BCUT2D eigenvalue weighted by Gasteiger charge is 2.38. The molecule has 0 radical (unpaired) electrons. The van der Waals surface area contributed by atoms with E-state index in [1.807, 2.05) is 0 Å². The lowest BCUT2D eigenvalue weighted by Gasteiger charge is -2.28. The first-order valence-corrected chi connectivity index (χ1v) is 11.6. The predicted molar refractivity (Wildman–Crippen MR) is 128 cm³/mol. The first-order valence-electron chi connectivity index (χ1n) is 11.6. The van der Waals surface area contributed by atoms with E-state index in [1.54, 1.807) is 0 Å². The second-order valence-electron chi connectivity index (χ2n) is 8.65. The maximum absolute atomic E-state index is 13.2. The number of aliphatic carboxylic acids is 1. The number of aliphatic hydroxyl groups excluding tert-OH is 1. The van der Waals surface area contributed by atoms with Crippen molar-refractivity contribution in [3.05, 3.63) is 18.2 Å². The van der Waals surface area contributed by atoms with Gasteiger partial charge < -0.3 is 47.9 Å².